The third-order valence-electron chi connectivity index (χ3n) is 4.29. The molecule has 1 aliphatic rings. The predicted molar refractivity (Wildman–Crippen MR) is 93.7 cm³/mol. The molecule has 1 saturated heterocycles. The molecule has 1 N–H and O–H groups in total. The maximum absolute atomic E-state index is 12.4. The molecular formula is C17H16BrN5O2. The van der Waals surface area contributed by atoms with Crippen molar-refractivity contribution in [2.24, 2.45) is 5.92 Å². The Morgan fingerprint density at radius 3 is 3.08 bits per heavy atom. The van der Waals surface area contributed by atoms with Crippen molar-refractivity contribution < 1.29 is 9.21 Å². The zero-order valence-corrected chi connectivity index (χ0v) is 14.9. The first-order chi connectivity index (χ1) is 12.2. The van der Waals surface area contributed by atoms with E-state index in [2.05, 4.69) is 36.1 Å². The van der Waals surface area contributed by atoms with E-state index >= 15 is 0 Å². The number of furan rings is 1. The van der Waals surface area contributed by atoms with Crippen LogP contribution in [0.1, 0.15) is 22.8 Å². The molecule has 1 amide bonds. The summed E-state index contributed by atoms with van der Waals surface area (Å²) in [7, 11) is 0. The highest BCUT2D eigenvalue weighted by atomic mass is 79.9. The highest BCUT2D eigenvalue weighted by Gasteiger charge is 2.29. The average molecular weight is 402 g/mol. The Morgan fingerprint density at radius 1 is 1.40 bits per heavy atom. The van der Waals surface area contributed by atoms with Crippen molar-refractivity contribution in [3.8, 4) is 11.4 Å². The summed E-state index contributed by atoms with van der Waals surface area (Å²) in [6, 6.07) is 7.21. The second kappa shape index (κ2) is 6.79. The van der Waals surface area contributed by atoms with E-state index in [0.717, 1.165) is 30.8 Å². The fourth-order valence-corrected chi connectivity index (χ4v) is 3.36. The molecule has 8 heteroatoms. The molecule has 0 aromatic carbocycles. The number of hydrogen-bond acceptors (Lipinski definition) is 5. The van der Waals surface area contributed by atoms with Gasteiger partial charge in [0.25, 0.3) is 5.91 Å². The third kappa shape index (κ3) is 3.48. The van der Waals surface area contributed by atoms with E-state index in [1.165, 1.54) is 0 Å². The number of H-pyrrole nitrogens is 1. The Labute approximate surface area is 152 Å². The quantitative estimate of drug-likeness (QED) is 0.725. The van der Waals surface area contributed by atoms with Crippen LogP contribution in [0.2, 0.25) is 0 Å². The van der Waals surface area contributed by atoms with E-state index in [1.54, 1.807) is 24.5 Å². The van der Waals surface area contributed by atoms with Crippen molar-refractivity contribution >= 4 is 21.8 Å². The molecule has 1 unspecified atom stereocenters. The number of rotatable bonds is 4. The number of likely N-dealkylation sites (tertiary alicyclic amines) is 1. The first-order valence-electron chi connectivity index (χ1n) is 8.05. The molecule has 0 radical (unpaired) electrons. The first kappa shape index (κ1) is 16.0. The van der Waals surface area contributed by atoms with Crippen LogP contribution in [-0.2, 0) is 6.42 Å². The van der Waals surface area contributed by atoms with Crippen LogP contribution in [0.3, 0.4) is 0 Å². The molecule has 7 nitrogen and oxygen atoms in total. The van der Waals surface area contributed by atoms with Crippen LogP contribution in [0, 0.1) is 5.92 Å². The molecule has 4 heterocycles. The Balaban J connectivity index is 1.38. The monoisotopic (exact) mass is 401 g/mol. The Bertz CT molecular complexity index is 876. The summed E-state index contributed by atoms with van der Waals surface area (Å²) < 4.78 is 5.92. The van der Waals surface area contributed by atoms with E-state index in [4.69, 9.17) is 4.42 Å². The lowest BCUT2D eigenvalue weighted by Crippen LogP contribution is -2.28. The van der Waals surface area contributed by atoms with Crippen LogP contribution in [-0.4, -0.2) is 44.1 Å². The van der Waals surface area contributed by atoms with Crippen LogP contribution >= 0.6 is 15.9 Å². The number of aromatic nitrogens is 4. The molecule has 0 saturated carbocycles. The molecular weight excluding hydrogens is 386 g/mol. The number of hydrogen-bond donors (Lipinski definition) is 1. The van der Waals surface area contributed by atoms with Crippen LogP contribution in [0.5, 0.6) is 0 Å². The molecule has 3 aromatic heterocycles. The summed E-state index contributed by atoms with van der Waals surface area (Å²) in [5.41, 5.74) is 0.886. The van der Waals surface area contributed by atoms with Gasteiger partial charge in [0, 0.05) is 37.5 Å². The maximum Gasteiger partial charge on any atom is 0.289 e. The molecule has 1 fully saturated rings. The molecule has 4 rings (SSSR count). The lowest BCUT2D eigenvalue weighted by molar-refractivity contribution is 0.0754. The second-order valence-electron chi connectivity index (χ2n) is 6.06. The van der Waals surface area contributed by atoms with Crippen LogP contribution in [0.4, 0.5) is 0 Å². The van der Waals surface area contributed by atoms with Crippen molar-refractivity contribution in [2.45, 2.75) is 12.8 Å². The normalized spacial score (nSPS) is 17.2. The van der Waals surface area contributed by atoms with Gasteiger partial charge in [0.15, 0.2) is 16.3 Å². The Kier molecular flexibility index (Phi) is 4.35. The number of nitrogens with one attached hydrogen (secondary N) is 1. The molecule has 3 aromatic rings. The number of pyridine rings is 1. The van der Waals surface area contributed by atoms with Gasteiger partial charge in [-0.2, -0.15) is 5.10 Å². The largest absolute Gasteiger partial charge is 0.444 e. The highest BCUT2D eigenvalue weighted by molar-refractivity contribution is 9.10. The number of amides is 1. The molecule has 1 aliphatic heterocycles. The van der Waals surface area contributed by atoms with E-state index in [9.17, 15) is 4.79 Å². The summed E-state index contributed by atoms with van der Waals surface area (Å²) in [4.78, 5) is 22.9. The van der Waals surface area contributed by atoms with Gasteiger partial charge in [-0.3, -0.25) is 14.9 Å². The molecule has 128 valence electrons. The first-order valence-corrected chi connectivity index (χ1v) is 8.84. The van der Waals surface area contributed by atoms with E-state index in [-0.39, 0.29) is 5.91 Å². The minimum atomic E-state index is -0.0678. The fourth-order valence-electron chi connectivity index (χ4n) is 3.05. The van der Waals surface area contributed by atoms with E-state index in [0.29, 0.717) is 28.7 Å². The second-order valence-corrected chi connectivity index (χ2v) is 6.84. The predicted octanol–water partition coefficient (Wildman–Crippen LogP) is 2.93. The summed E-state index contributed by atoms with van der Waals surface area (Å²) in [5.74, 6) is 2.14. The van der Waals surface area contributed by atoms with Crippen LogP contribution in [0.15, 0.2) is 45.7 Å². The smallest absolute Gasteiger partial charge is 0.289 e. The number of nitrogens with zero attached hydrogens (tertiary/aromatic N) is 4. The average Bonchev–Trinajstić information content (AvgIpc) is 3.37. The van der Waals surface area contributed by atoms with Crippen LogP contribution < -0.4 is 0 Å². The molecule has 0 spiro atoms. The van der Waals surface area contributed by atoms with Crippen molar-refractivity contribution in [2.75, 3.05) is 13.1 Å². The summed E-state index contributed by atoms with van der Waals surface area (Å²) in [6.07, 6.45) is 5.17. The molecule has 1 atom stereocenters. The van der Waals surface area contributed by atoms with Crippen molar-refractivity contribution in [3.05, 3.63) is 52.9 Å². The molecule has 0 bridgehead atoms. The van der Waals surface area contributed by atoms with E-state index in [1.807, 2.05) is 17.0 Å². The number of halogens is 1. The maximum atomic E-state index is 12.4. The zero-order chi connectivity index (χ0) is 17.2. The number of carbonyl (C=O) groups is 1. The minimum absolute atomic E-state index is 0.0678. The Morgan fingerprint density at radius 2 is 2.32 bits per heavy atom. The van der Waals surface area contributed by atoms with Gasteiger partial charge in [-0.1, -0.05) is 0 Å². The SMILES string of the molecule is O=C(c1ccc(Br)o1)N1CCC(Cc2nc(-c3cccnc3)n[nH]2)C1. The lowest BCUT2D eigenvalue weighted by Gasteiger charge is -2.14. The van der Waals surface area contributed by atoms with Gasteiger partial charge in [-0.25, -0.2) is 4.98 Å². The summed E-state index contributed by atoms with van der Waals surface area (Å²) in [6.45, 7) is 1.42. The van der Waals surface area contributed by atoms with E-state index < -0.39 is 0 Å². The van der Waals surface area contributed by atoms with Gasteiger partial charge in [0.05, 0.1) is 0 Å². The van der Waals surface area contributed by atoms with Crippen molar-refractivity contribution in [3.63, 3.8) is 0 Å². The van der Waals surface area contributed by atoms with Gasteiger partial charge >= 0.3 is 0 Å². The van der Waals surface area contributed by atoms with Gasteiger partial charge in [0.2, 0.25) is 0 Å². The number of carbonyl (C=O) groups excluding carboxylic acids is 1. The molecule has 0 aliphatic carbocycles. The standard InChI is InChI=1S/C17H16BrN5O2/c18-14-4-3-13(25-14)17(24)23-7-5-11(10-23)8-15-20-16(22-21-15)12-2-1-6-19-9-12/h1-4,6,9,11H,5,7-8,10H2,(H,20,21,22). The van der Waals surface area contributed by atoms with Gasteiger partial charge in [0.1, 0.15) is 5.82 Å². The topological polar surface area (TPSA) is 87.9 Å². The van der Waals surface area contributed by atoms with Crippen LogP contribution in [0.25, 0.3) is 11.4 Å². The third-order valence-corrected chi connectivity index (χ3v) is 4.72. The van der Waals surface area contributed by atoms with Gasteiger partial charge in [-0.05, 0) is 52.5 Å². The lowest BCUT2D eigenvalue weighted by atomic mass is 10.1. The number of aromatic amines is 1. The summed E-state index contributed by atoms with van der Waals surface area (Å²) >= 11 is 3.23. The van der Waals surface area contributed by atoms with Gasteiger partial charge < -0.3 is 9.32 Å². The van der Waals surface area contributed by atoms with Crippen molar-refractivity contribution in [1.29, 1.82) is 0 Å². The fraction of sp³-hybridized carbons (Fsp3) is 0.294. The van der Waals surface area contributed by atoms with Crippen molar-refractivity contribution in [1.82, 2.24) is 25.1 Å². The minimum Gasteiger partial charge on any atom is -0.444 e. The van der Waals surface area contributed by atoms with Gasteiger partial charge in [-0.15, -0.1) is 0 Å². The highest BCUT2D eigenvalue weighted by Crippen LogP contribution is 2.24. The summed E-state index contributed by atoms with van der Waals surface area (Å²) in [5, 5.41) is 7.25. The Hall–Kier alpha value is -2.48. The molecule has 25 heavy (non-hydrogen) atoms. The zero-order valence-electron chi connectivity index (χ0n) is 13.4.